The molecule has 0 N–H and O–H groups in total. The molecule has 0 bridgehead atoms. The van der Waals surface area contributed by atoms with Gasteiger partial charge in [-0.1, -0.05) is 47.6 Å². The van der Waals surface area contributed by atoms with Gasteiger partial charge >= 0.3 is 5.97 Å². The van der Waals surface area contributed by atoms with Crippen molar-refractivity contribution in [3.05, 3.63) is 12.7 Å². The molecule has 1 heterocycles. The monoisotopic (exact) mass is 458 g/mol. The van der Waals surface area contributed by atoms with Crippen molar-refractivity contribution in [1.29, 1.82) is 0 Å². The van der Waals surface area contributed by atoms with Crippen LogP contribution in [0.3, 0.4) is 0 Å². The van der Waals surface area contributed by atoms with E-state index in [2.05, 4.69) is 74.3 Å². The molecule has 8 heteroatoms. The van der Waals surface area contributed by atoms with Gasteiger partial charge in [-0.15, -0.1) is 6.58 Å². The third-order valence-corrected chi connectivity index (χ3v) is 15.9. The zero-order chi connectivity index (χ0) is 23.8. The first-order valence-electron chi connectivity index (χ1n) is 10.6. The van der Waals surface area contributed by atoms with Gasteiger partial charge in [0.05, 0.1) is 13.7 Å². The molecule has 6 nitrogen and oxygen atoms in total. The number of ether oxygens (including phenoxy) is 2. The number of hydrogen-bond donors (Lipinski definition) is 0. The molecule has 30 heavy (non-hydrogen) atoms. The van der Waals surface area contributed by atoms with Crippen LogP contribution >= 0.6 is 0 Å². The summed E-state index contributed by atoms with van der Waals surface area (Å²) in [5, 5.41) is -0.0982. The molecule has 1 fully saturated rings. The van der Waals surface area contributed by atoms with Crippen LogP contribution in [0.2, 0.25) is 36.3 Å². The molecular weight excluding hydrogens is 416 g/mol. The second-order valence-corrected chi connectivity index (χ2v) is 20.8. The first kappa shape index (κ1) is 27.2. The van der Waals surface area contributed by atoms with Crippen LogP contribution in [0.25, 0.3) is 0 Å². The number of hydrogen-bond acceptors (Lipinski definition) is 6. The minimum Gasteiger partial charge on any atom is -0.467 e. The lowest BCUT2D eigenvalue weighted by Gasteiger charge is -2.40. The number of carbonyl (C=O) groups is 2. The molecule has 174 valence electrons. The maximum atomic E-state index is 13.5. The van der Waals surface area contributed by atoms with E-state index in [1.165, 1.54) is 13.2 Å². The topological polar surface area (TPSA) is 71.1 Å². The van der Waals surface area contributed by atoms with Gasteiger partial charge < -0.3 is 18.3 Å². The van der Waals surface area contributed by atoms with E-state index in [0.29, 0.717) is 0 Å². The second kappa shape index (κ2) is 8.98. The van der Waals surface area contributed by atoms with E-state index < -0.39 is 46.2 Å². The number of esters is 1. The summed E-state index contributed by atoms with van der Waals surface area (Å²) in [6, 6.07) is 0. The SMILES string of the molecule is C=CC[C@@]1(C(=O)OC)O[C@H](CO[Si](C)(C)C(C)(C)C)C(O[Si](C)(C)C(C)(C)C)C1=O. The highest BCUT2D eigenvalue weighted by molar-refractivity contribution is 6.74. The lowest BCUT2D eigenvalue weighted by molar-refractivity contribution is -0.171. The lowest BCUT2D eigenvalue weighted by Crippen LogP contribution is -2.52. The van der Waals surface area contributed by atoms with E-state index in [1.807, 2.05) is 0 Å². The Morgan fingerprint density at radius 1 is 1.10 bits per heavy atom. The predicted octanol–water partition coefficient (Wildman–Crippen LogP) is 4.85. The minimum atomic E-state index is -2.32. The molecule has 1 aliphatic rings. The Balaban J connectivity index is 3.34. The molecule has 1 saturated heterocycles. The van der Waals surface area contributed by atoms with Gasteiger partial charge in [0.15, 0.2) is 16.6 Å². The van der Waals surface area contributed by atoms with Crippen LogP contribution in [0.1, 0.15) is 48.0 Å². The third kappa shape index (κ3) is 5.32. The molecule has 0 spiro atoms. The van der Waals surface area contributed by atoms with Gasteiger partial charge in [-0.05, 0) is 36.3 Å². The average molecular weight is 459 g/mol. The summed E-state index contributed by atoms with van der Waals surface area (Å²) < 4.78 is 23.9. The summed E-state index contributed by atoms with van der Waals surface area (Å²) in [5.74, 6) is -1.12. The highest BCUT2D eigenvalue weighted by atomic mass is 28.4. The van der Waals surface area contributed by atoms with Crippen LogP contribution in [-0.4, -0.2) is 59.9 Å². The Labute approximate surface area is 184 Å². The Bertz CT molecular complexity index is 660. The van der Waals surface area contributed by atoms with Crippen LogP contribution < -0.4 is 0 Å². The van der Waals surface area contributed by atoms with Crippen molar-refractivity contribution in [1.82, 2.24) is 0 Å². The normalized spacial score (nSPS) is 26.0. The standard InChI is InChI=1S/C22H42O6Si2/c1-13-14-22(19(24)25-8)18(23)17(28-30(11,12)21(5,6)7)16(27-22)15-26-29(9,10)20(2,3)4/h13,16-17H,1,14-15H2,2-12H3/t16-,17?,22-/m1/s1. The summed E-state index contributed by atoms with van der Waals surface area (Å²) >= 11 is 0. The van der Waals surface area contributed by atoms with Crippen molar-refractivity contribution in [2.45, 2.75) is 102 Å². The molecule has 0 aromatic heterocycles. The van der Waals surface area contributed by atoms with Crippen LogP contribution in [0.5, 0.6) is 0 Å². The van der Waals surface area contributed by atoms with Gasteiger partial charge in [0.1, 0.15) is 12.2 Å². The first-order chi connectivity index (χ1) is 13.4. The van der Waals surface area contributed by atoms with Gasteiger partial charge in [-0.2, -0.15) is 0 Å². The number of Topliss-reactive ketones (excluding diaryl/α,β-unsaturated/α-hetero) is 1. The van der Waals surface area contributed by atoms with Crippen molar-refractivity contribution >= 4 is 28.4 Å². The third-order valence-electron chi connectivity index (χ3n) is 6.94. The molecular formula is C22H42O6Si2. The molecule has 0 aliphatic carbocycles. The van der Waals surface area contributed by atoms with Crippen molar-refractivity contribution in [3.8, 4) is 0 Å². The fourth-order valence-electron chi connectivity index (χ4n) is 2.78. The minimum absolute atomic E-state index is 0.00590. The van der Waals surface area contributed by atoms with E-state index in [4.69, 9.17) is 18.3 Å². The summed E-state index contributed by atoms with van der Waals surface area (Å²) in [7, 11) is -3.15. The summed E-state index contributed by atoms with van der Waals surface area (Å²) in [6.45, 7) is 25.1. The van der Waals surface area contributed by atoms with Gasteiger partial charge in [0, 0.05) is 6.42 Å². The van der Waals surface area contributed by atoms with E-state index in [1.54, 1.807) is 0 Å². The predicted molar refractivity (Wildman–Crippen MR) is 125 cm³/mol. The molecule has 0 amide bonds. The molecule has 1 unspecified atom stereocenters. The summed E-state index contributed by atoms with van der Waals surface area (Å²) in [4.78, 5) is 26.2. The molecule has 3 atom stereocenters. The zero-order valence-corrected chi connectivity index (χ0v) is 22.8. The highest BCUT2D eigenvalue weighted by Gasteiger charge is 2.61. The van der Waals surface area contributed by atoms with Crippen LogP contribution in [0.4, 0.5) is 0 Å². The van der Waals surface area contributed by atoms with Gasteiger partial charge in [-0.3, -0.25) is 4.79 Å². The van der Waals surface area contributed by atoms with Crippen LogP contribution in [0, 0.1) is 0 Å². The van der Waals surface area contributed by atoms with E-state index in [-0.39, 0.29) is 23.1 Å². The average Bonchev–Trinajstić information content (AvgIpc) is 2.84. The Morgan fingerprint density at radius 3 is 2.00 bits per heavy atom. The van der Waals surface area contributed by atoms with E-state index in [0.717, 1.165) is 0 Å². The first-order valence-corrected chi connectivity index (χ1v) is 16.4. The molecule has 0 aromatic rings. The van der Waals surface area contributed by atoms with Crippen molar-refractivity contribution in [3.63, 3.8) is 0 Å². The van der Waals surface area contributed by atoms with Gasteiger partial charge in [-0.25, -0.2) is 4.79 Å². The fraction of sp³-hybridized carbons (Fsp3) is 0.818. The summed E-state index contributed by atoms with van der Waals surface area (Å²) in [5.41, 5.74) is -1.73. The molecule has 1 rings (SSSR count). The summed E-state index contributed by atoms with van der Waals surface area (Å²) in [6.07, 6.45) is -0.0172. The van der Waals surface area contributed by atoms with Crippen molar-refractivity contribution < 1.29 is 27.9 Å². The fourth-order valence-corrected chi connectivity index (χ4v) is 5.04. The van der Waals surface area contributed by atoms with E-state index in [9.17, 15) is 9.59 Å². The van der Waals surface area contributed by atoms with Crippen LogP contribution in [0.15, 0.2) is 12.7 Å². The Kier molecular flexibility index (Phi) is 8.15. The second-order valence-electron chi connectivity index (χ2n) is 11.2. The van der Waals surface area contributed by atoms with Gasteiger partial charge in [0.2, 0.25) is 11.4 Å². The van der Waals surface area contributed by atoms with E-state index >= 15 is 0 Å². The van der Waals surface area contributed by atoms with Crippen LogP contribution in [-0.2, 0) is 27.9 Å². The van der Waals surface area contributed by atoms with Crippen molar-refractivity contribution in [2.75, 3.05) is 13.7 Å². The quantitative estimate of drug-likeness (QED) is 0.224. The number of methoxy groups -OCH3 is 1. The number of ketones is 1. The van der Waals surface area contributed by atoms with Crippen molar-refractivity contribution in [2.24, 2.45) is 0 Å². The maximum absolute atomic E-state index is 13.5. The maximum Gasteiger partial charge on any atom is 0.346 e. The number of carbonyl (C=O) groups excluding carboxylic acids is 2. The van der Waals surface area contributed by atoms with Gasteiger partial charge in [0.25, 0.3) is 0 Å². The Hall–Kier alpha value is -0.806. The molecule has 1 aliphatic heterocycles. The Morgan fingerprint density at radius 2 is 1.60 bits per heavy atom. The molecule has 0 aromatic carbocycles. The highest BCUT2D eigenvalue weighted by Crippen LogP contribution is 2.43. The number of rotatable bonds is 8. The smallest absolute Gasteiger partial charge is 0.346 e. The largest absolute Gasteiger partial charge is 0.467 e. The molecule has 0 saturated carbocycles. The molecule has 0 radical (unpaired) electrons. The zero-order valence-electron chi connectivity index (χ0n) is 20.8. The lowest BCUT2D eigenvalue weighted by atomic mass is 9.93.